The summed E-state index contributed by atoms with van der Waals surface area (Å²) in [4.78, 5) is 2.55. The minimum atomic E-state index is -0.259. The van der Waals surface area contributed by atoms with Crippen LogP contribution in [-0.4, -0.2) is 36.1 Å². The Balaban J connectivity index is 2.59. The topological polar surface area (TPSA) is 39.1 Å². The van der Waals surface area contributed by atoms with Crippen molar-refractivity contribution in [3.8, 4) is 6.07 Å². The summed E-state index contributed by atoms with van der Waals surface area (Å²) in [5, 5.41) is 12.9. The summed E-state index contributed by atoms with van der Waals surface area (Å²) >= 11 is 0. The number of nitrogens with zero attached hydrogens (tertiary/aromatic N) is 2. The summed E-state index contributed by atoms with van der Waals surface area (Å²) in [5.41, 5.74) is -0.259. The van der Waals surface area contributed by atoms with Gasteiger partial charge in [0, 0.05) is 12.6 Å². The van der Waals surface area contributed by atoms with Crippen molar-refractivity contribution in [2.75, 3.05) is 19.6 Å². The summed E-state index contributed by atoms with van der Waals surface area (Å²) in [6, 6.07) is 3.12. The molecule has 0 aromatic rings. The van der Waals surface area contributed by atoms with E-state index in [4.69, 9.17) is 0 Å². The van der Waals surface area contributed by atoms with Gasteiger partial charge in [0.1, 0.15) is 5.54 Å². The molecule has 1 aliphatic rings. The van der Waals surface area contributed by atoms with E-state index in [1.54, 1.807) is 0 Å². The van der Waals surface area contributed by atoms with Crippen molar-refractivity contribution in [2.24, 2.45) is 5.92 Å². The van der Waals surface area contributed by atoms with Crippen molar-refractivity contribution in [1.29, 1.82) is 5.26 Å². The fourth-order valence-electron chi connectivity index (χ4n) is 3.00. The zero-order valence-corrected chi connectivity index (χ0v) is 12.5. The Hall–Kier alpha value is -0.590. The molecule has 2 unspecified atom stereocenters. The molecule has 0 heterocycles. The summed E-state index contributed by atoms with van der Waals surface area (Å²) in [7, 11) is 0. The first-order chi connectivity index (χ1) is 8.56. The lowest BCUT2D eigenvalue weighted by molar-refractivity contribution is 0.181. The van der Waals surface area contributed by atoms with E-state index in [1.807, 2.05) is 0 Å². The normalized spacial score (nSPS) is 27.9. The number of nitrogens with one attached hydrogen (secondary N) is 1. The van der Waals surface area contributed by atoms with Crippen molar-refractivity contribution in [3.63, 3.8) is 0 Å². The molecule has 3 heteroatoms. The number of hydrogen-bond acceptors (Lipinski definition) is 3. The summed E-state index contributed by atoms with van der Waals surface area (Å²) < 4.78 is 0. The maximum absolute atomic E-state index is 9.47. The quantitative estimate of drug-likeness (QED) is 0.756. The van der Waals surface area contributed by atoms with Gasteiger partial charge >= 0.3 is 0 Å². The molecule has 0 aliphatic heterocycles. The van der Waals surface area contributed by atoms with Gasteiger partial charge in [-0.05, 0) is 44.7 Å². The SMILES string of the molecule is CCCNC1(C#N)CCC(N(CC)CC(C)C)C1. The molecule has 0 spiro atoms. The molecule has 1 N–H and O–H groups in total. The molecule has 18 heavy (non-hydrogen) atoms. The first kappa shape index (κ1) is 15.5. The molecule has 0 aromatic heterocycles. The first-order valence-corrected chi connectivity index (χ1v) is 7.47. The predicted octanol–water partition coefficient (Wildman–Crippen LogP) is 2.78. The standard InChI is InChI=1S/C15H29N3/c1-5-9-17-15(12-16)8-7-14(10-15)18(6-2)11-13(3)4/h13-14,17H,5-11H2,1-4H3. The van der Waals surface area contributed by atoms with Crippen LogP contribution in [-0.2, 0) is 0 Å². The van der Waals surface area contributed by atoms with E-state index < -0.39 is 0 Å². The summed E-state index contributed by atoms with van der Waals surface area (Å²) in [6.45, 7) is 12.1. The Morgan fingerprint density at radius 2 is 2.17 bits per heavy atom. The molecule has 0 radical (unpaired) electrons. The second-order valence-electron chi connectivity index (χ2n) is 6.00. The van der Waals surface area contributed by atoms with E-state index in [1.165, 1.54) is 0 Å². The lowest BCUT2D eigenvalue weighted by Gasteiger charge is -2.30. The zero-order chi connectivity index (χ0) is 13.6. The number of rotatable bonds is 7. The van der Waals surface area contributed by atoms with Gasteiger partial charge in [-0.15, -0.1) is 0 Å². The maximum Gasteiger partial charge on any atom is 0.108 e. The van der Waals surface area contributed by atoms with Crippen molar-refractivity contribution >= 4 is 0 Å². The lowest BCUT2D eigenvalue weighted by atomic mass is 9.99. The maximum atomic E-state index is 9.47. The van der Waals surface area contributed by atoms with Crippen LogP contribution in [0, 0.1) is 17.2 Å². The third-order valence-electron chi connectivity index (χ3n) is 3.94. The molecule has 0 aromatic carbocycles. The van der Waals surface area contributed by atoms with Crippen LogP contribution in [0.15, 0.2) is 0 Å². The summed E-state index contributed by atoms with van der Waals surface area (Å²) in [5.74, 6) is 0.700. The van der Waals surface area contributed by atoms with E-state index in [2.05, 4.69) is 44.0 Å². The zero-order valence-electron chi connectivity index (χ0n) is 12.5. The molecule has 0 bridgehead atoms. The average Bonchev–Trinajstić information content (AvgIpc) is 2.78. The van der Waals surface area contributed by atoms with Gasteiger partial charge in [0.2, 0.25) is 0 Å². The van der Waals surface area contributed by atoms with E-state index in [-0.39, 0.29) is 5.54 Å². The molecule has 1 rings (SSSR count). The Labute approximate surface area is 113 Å². The van der Waals surface area contributed by atoms with E-state index in [0.29, 0.717) is 12.0 Å². The van der Waals surface area contributed by atoms with Gasteiger partial charge in [-0.2, -0.15) is 5.26 Å². The van der Waals surface area contributed by atoms with Gasteiger partial charge in [0.15, 0.2) is 0 Å². The van der Waals surface area contributed by atoms with Crippen LogP contribution in [0.1, 0.15) is 53.4 Å². The van der Waals surface area contributed by atoms with Gasteiger partial charge in [0.25, 0.3) is 0 Å². The van der Waals surface area contributed by atoms with Crippen molar-refractivity contribution < 1.29 is 0 Å². The molecule has 104 valence electrons. The van der Waals surface area contributed by atoms with Crippen LogP contribution in [0.5, 0.6) is 0 Å². The van der Waals surface area contributed by atoms with Crippen LogP contribution in [0.3, 0.4) is 0 Å². The molecule has 3 nitrogen and oxygen atoms in total. The Morgan fingerprint density at radius 3 is 2.67 bits per heavy atom. The first-order valence-electron chi connectivity index (χ1n) is 7.47. The molecule has 1 fully saturated rings. The third-order valence-corrected chi connectivity index (χ3v) is 3.94. The van der Waals surface area contributed by atoms with Crippen molar-refractivity contribution in [2.45, 2.75) is 65.0 Å². The largest absolute Gasteiger partial charge is 0.300 e. The highest BCUT2D eigenvalue weighted by atomic mass is 15.2. The van der Waals surface area contributed by atoms with Gasteiger partial charge in [-0.25, -0.2) is 0 Å². The second-order valence-corrected chi connectivity index (χ2v) is 6.00. The molecule has 1 saturated carbocycles. The van der Waals surface area contributed by atoms with Gasteiger partial charge in [-0.1, -0.05) is 27.7 Å². The molecule has 0 amide bonds. The number of nitriles is 1. The lowest BCUT2D eigenvalue weighted by Crippen LogP contribution is -2.44. The van der Waals surface area contributed by atoms with Crippen LogP contribution in [0.25, 0.3) is 0 Å². The van der Waals surface area contributed by atoms with Gasteiger partial charge in [-0.3, -0.25) is 5.32 Å². The van der Waals surface area contributed by atoms with Gasteiger partial charge < -0.3 is 4.90 Å². The fraction of sp³-hybridized carbons (Fsp3) is 0.933. The van der Waals surface area contributed by atoms with Crippen LogP contribution >= 0.6 is 0 Å². The molecular weight excluding hydrogens is 222 g/mol. The monoisotopic (exact) mass is 251 g/mol. The second kappa shape index (κ2) is 7.11. The highest BCUT2D eigenvalue weighted by Gasteiger charge is 2.40. The Kier molecular flexibility index (Phi) is 6.11. The Morgan fingerprint density at radius 1 is 1.44 bits per heavy atom. The summed E-state index contributed by atoms with van der Waals surface area (Å²) in [6.07, 6.45) is 4.25. The van der Waals surface area contributed by atoms with Crippen LogP contribution in [0.2, 0.25) is 0 Å². The minimum Gasteiger partial charge on any atom is -0.300 e. The predicted molar refractivity (Wildman–Crippen MR) is 76.4 cm³/mol. The highest BCUT2D eigenvalue weighted by molar-refractivity contribution is 5.13. The molecular formula is C15H29N3. The van der Waals surface area contributed by atoms with E-state index in [9.17, 15) is 5.26 Å². The average molecular weight is 251 g/mol. The minimum absolute atomic E-state index is 0.259. The Bertz CT molecular complexity index is 282. The van der Waals surface area contributed by atoms with Crippen LogP contribution < -0.4 is 5.32 Å². The number of hydrogen-bond donors (Lipinski definition) is 1. The third kappa shape index (κ3) is 3.96. The van der Waals surface area contributed by atoms with E-state index >= 15 is 0 Å². The molecule has 2 atom stereocenters. The van der Waals surface area contributed by atoms with E-state index in [0.717, 1.165) is 45.3 Å². The van der Waals surface area contributed by atoms with Crippen molar-refractivity contribution in [3.05, 3.63) is 0 Å². The molecule has 1 aliphatic carbocycles. The van der Waals surface area contributed by atoms with Crippen LogP contribution in [0.4, 0.5) is 0 Å². The van der Waals surface area contributed by atoms with Gasteiger partial charge in [0.05, 0.1) is 6.07 Å². The van der Waals surface area contributed by atoms with Crippen molar-refractivity contribution in [1.82, 2.24) is 10.2 Å². The smallest absolute Gasteiger partial charge is 0.108 e. The molecule has 0 saturated heterocycles. The fourth-order valence-corrected chi connectivity index (χ4v) is 3.00. The highest BCUT2D eigenvalue weighted by Crippen LogP contribution is 2.33.